The third-order valence-electron chi connectivity index (χ3n) is 2.93. The first-order valence-electron chi connectivity index (χ1n) is 6.58. The molecular formula is C16H10F3NO4. The van der Waals surface area contributed by atoms with Gasteiger partial charge in [-0.2, -0.15) is 0 Å². The lowest BCUT2D eigenvalue weighted by molar-refractivity contribution is -0.119. The number of halogens is 3. The van der Waals surface area contributed by atoms with Crippen molar-refractivity contribution in [1.82, 2.24) is 0 Å². The maximum atomic E-state index is 13.4. The highest BCUT2D eigenvalue weighted by Gasteiger charge is 2.16. The van der Waals surface area contributed by atoms with Gasteiger partial charge in [0, 0.05) is 5.56 Å². The molecule has 1 amide bonds. The molecule has 2 aromatic rings. The maximum Gasteiger partial charge on any atom is 0.338 e. The third-order valence-corrected chi connectivity index (χ3v) is 2.93. The SMILES string of the molecule is O=Cc1ccc(C(=O)OCC(=O)Nc2ccc(F)c(F)c2F)cc1. The van der Waals surface area contributed by atoms with Crippen LogP contribution in [0.25, 0.3) is 0 Å². The van der Waals surface area contributed by atoms with Gasteiger partial charge in [0.05, 0.1) is 11.3 Å². The zero-order valence-corrected chi connectivity index (χ0v) is 12.0. The first-order chi connectivity index (χ1) is 11.4. The van der Waals surface area contributed by atoms with Crippen LogP contribution < -0.4 is 5.32 Å². The number of esters is 1. The summed E-state index contributed by atoms with van der Waals surface area (Å²) in [7, 11) is 0. The number of amides is 1. The number of carbonyl (C=O) groups excluding carboxylic acids is 3. The van der Waals surface area contributed by atoms with Crippen LogP contribution in [-0.4, -0.2) is 24.8 Å². The van der Waals surface area contributed by atoms with Crippen molar-refractivity contribution in [2.45, 2.75) is 0 Å². The minimum atomic E-state index is -1.72. The number of benzene rings is 2. The second kappa shape index (κ2) is 7.40. The van der Waals surface area contributed by atoms with Crippen molar-refractivity contribution in [3.05, 3.63) is 65.0 Å². The summed E-state index contributed by atoms with van der Waals surface area (Å²) in [6, 6.07) is 6.93. The van der Waals surface area contributed by atoms with E-state index in [1.165, 1.54) is 24.3 Å². The molecule has 2 aromatic carbocycles. The normalized spacial score (nSPS) is 10.1. The van der Waals surface area contributed by atoms with E-state index in [-0.39, 0.29) is 5.56 Å². The molecule has 2 rings (SSSR count). The average molecular weight is 337 g/mol. The van der Waals surface area contributed by atoms with Gasteiger partial charge in [0.15, 0.2) is 24.1 Å². The number of aldehydes is 1. The van der Waals surface area contributed by atoms with Crippen LogP contribution in [-0.2, 0) is 9.53 Å². The molecule has 0 aliphatic carbocycles. The minimum absolute atomic E-state index is 0.104. The maximum absolute atomic E-state index is 13.4. The quantitative estimate of drug-likeness (QED) is 0.517. The fourth-order valence-electron chi connectivity index (χ4n) is 1.72. The van der Waals surface area contributed by atoms with Gasteiger partial charge in [-0.15, -0.1) is 0 Å². The Kier molecular flexibility index (Phi) is 5.31. The number of carbonyl (C=O) groups is 3. The molecule has 0 radical (unpaired) electrons. The second-order valence-corrected chi connectivity index (χ2v) is 4.59. The Morgan fingerprint density at radius 1 is 1.00 bits per heavy atom. The molecular weight excluding hydrogens is 327 g/mol. The standard InChI is InChI=1S/C16H10F3NO4/c17-11-5-6-12(15(19)14(11)18)20-13(22)8-24-16(23)10-3-1-9(7-21)2-4-10/h1-7H,8H2,(H,20,22). The van der Waals surface area contributed by atoms with E-state index in [0.29, 0.717) is 17.9 Å². The summed E-state index contributed by atoms with van der Waals surface area (Å²) in [6.45, 7) is -0.757. The van der Waals surface area contributed by atoms with Crippen LogP contribution in [0.4, 0.5) is 18.9 Å². The fourth-order valence-corrected chi connectivity index (χ4v) is 1.72. The molecule has 0 aliphatic rings. The lowest BCUT2D eigenvalue weighted by Crippen LogP contribution is -2.21. The fraction of sp³-hybridized carbons (Fsp3) is 0.0625. The van der Waals surface area contributed by atoms with Crippen LogP contribution in [0.15, 0.2) is 36.4 Å². The van der Waals surface area contributed by atoms with Crippen LogP contribution in [0, 0.1) is 17.5 Å². The molecule has 24 heavy (non-hydrogen) atoms. The van der Waals surface area contributed by atoms with Crippen molar-refractivity contribution in [2.75, 3.05) is 11.9 Å². The Morgan fingerprint density at radius 3 is 2.29 bits per heavy atom. The second-order valence-electron chi connectivity index (χ2n) is 4.59. The molecule has 124 valence electrons. The molecule has 0 aromatic heterocycles. The van der Waals surface area contributed by atoms with Gasteiger partial charge in [0.1, 0.15) is 6.29 Å². The number of anilines is 1. The zero-order valence-electron chi connectivity index (χ0n) is 12.0. The third kappa shape index (κ3) is 3.97. The summed E-state index contributed by atoms with van der Waals surface area (Å²) < 4.78 is 43.9. The topological polar surface area (TPSA) is 72.5 Å². The van der Waals surface area contributed by atoms with Gasteiger partial charge in [0.2, 0.25) is 0 Å². The Bertz CT molecular complexity index is 791. The van der Waals surface area contributed by atoms with Crippen molar-refractivity contribution in [2.24, 2.45) is 0 Å². The summed E-state index contributed by atoms with van der Waals surface area (Å²) in [5.74, 6) is -6.44. The molecule has 5 nitrogen and oxygen atoms in total. The van der Waals surface area contributed by atoms with E-state index in [4.69, 9.17) is 4.74 Å². The van der Waals surface area contributed by atoms with E-state index < -0.39 is 41.6 Å². The number of hydrogen-bond acceptors (Lipinski definition) is 4. The smallest absolute Gasteiger partial charge is 0.338 e. The summed E-state index contributed by atoms with van der Waals surface area (Å²) in [5.41, 5.74) is -0.115. The highest BCUT2D eigenvalue weighted by molar-refractivity contribution is 5.95. The number of hydrogen-bond donors (Lipinski definition) is 1. The molecule has 0 spiro atoms. The van der Waals surface area contributed by atoms with Gasteiger partial charge in [0.25, 0.3) is 5.91 Å². The van der Waals surface area contributed by atoms with Gasteiger partial charge in [-0.05, 0) is 24.3 Å². The molecule has 0 bridgehead atoms. The molecule has 1 N–H and O–H groups in total. The average Bonchev–Trinajstić information content (AvgIpc) is 2.60. The van der Waals surface area contributed by atoms with Crippen LogP contribution in [0.5, 0.6) is 0 Å². The number of rotatable bonds is 5. The van der Waals surface area contributed by atoms with Crippen molar-refractivity contribution in [3.8, 4) is 0 Å². The number of nitrogens with one attached hydrogen (secondary N) is 1. The van der Waals surface area contributed by atoms with Gasteiger partial charge < -0.3 is 10.1 Å². The molecule has 0 heterocycles. The summed E-state index contributed by atoms with van der Waals surface area (Å²) >= 11 is 0. The predicted molar refractivity (Wildman–Crippen MR) is 77.1 cm³/mol. The minimum Gasteiger partial charge on any atom is -0.452 e. The number of ether oxygens (including phenoxy) is 1. The summed E-state index contributed by atoms with van der Waals surface area (Å²) in [6.07, 6.45) is 0.596. The Hall–Kier alpha value is -3.16. The molecule has 0 aliphatic heterocycles. The van der Waals surface area contributed by atoms with Crippen LogP contribution in [0.3, 0.4) is 0 Å². The van der Waals surface area contributed by atoms with E-state index in [1.807, 2.05) is 5.32 Å². The van der Waals surface area contributed by atoms with E-state index in [0.717, 1.165) is 6.07 Å². The highest BCUT2D eigenvalue weighted by atomic mass is 19.2. The molecule has 0 saturated heterocycles. The molecule has 0 fully saturated rings. The largest absolute Gasteiger partial charge is 0.452 e. The van der Waals surface area contributed by atoms with Crippen molar-refractivity contribution in [3.63, 3.8) is 0 Å². The summed E-state index contributed by atoms with van der Waals surface area (Å²) in [4.78, 5) is 33.8. The predicted octanol–water partition coefficient (Wildman–Crippen LogP) is 2.71. The Morgan fingerprint density at radius 2 is 1.67 bits per heavy atom. The molecule has 0 unspecified atom stereocenters. The van der Waals surface area contributed by atoms with Crippen LogP contribution >= 0.6 is 0 Å². The molecule has 0 saturated carbocycles. The van der Waals surface area contributed by atoms with Gasteiger partial charge >= 0.3 is 5.97 Å². The van der Waals surface area contributed by atoms with Crippen LogP contribution in [0.2, 0.25) is 0 Å². The van der Waals surface area contributed by atoms with E-state index in [9.17, 15) is 27.6 Å². The van der Waals surface area contributed by atoms with E-state index in [2.05, 4.69) is 0 Å². The first-order valence-corrected chi connectivity index (χ1v) is 6.58. The Balaban J connectivity index is 1.94. The Labute approximate surface area is 134 Å². The van der Waals surface area contributed by atoms with Gasteiger partial charge in [-0.25, -0.2) is 18.0 Å². The highest BCUT2D eigenvalue weighted by Crippen LogP contribution is 2.19. The van der Waals surface area contributed by atoms with E-state index in [1.54, 1.807) is 0 Å². The monoisotopic (exact) mass is 337 g/mol. The molecule has 0 atom stereocenters. The lowest BCUT2D eigenvalue weighted by Gasteiger charge is -2.08. The van der Waals surface area contributed by atoms with Crippen LogP contribution in [0.1, 0.15) is 20.7 Å². The first kappa shape index (κ1) is 17.2. The van der Waals surface area contributed by atoms with Crippen molar-refractivity contribution >= 4 is 23.9 Å². The zero-order chi connectivity index (χ0) is 17.7. The van der Waals surface area contributed by atoms with Crippen molar-refractivity contribution in [1.29, 1.82) is 0 Å². The summed E-state index contributed by atoms with van der Waals surface area (Å²) in [5, 5.41) is 1.96. The van der Waals surface area contributed by atoms with Gasteiger partial charge in [-0.1, -0.05) is 12.1 Å². The lowest BCUT2D eigenvalue weighted by atomic mass is 10.1. The van der Waals surface area contributed by atoms with Crippen molar-refractivity contribution < 1.29 is 32.3 Å². The van der Waals surface area contributed by atoms with Gasteiger partial charge in [-0.3, -0.25) is 9.59 Å². The molecule has 8 heteroatoms. The van der Waals surface area contributed by atoms with E-state index >= 15 is 0 Å².